The first-order chi connectivity index (χ1) is 6.18. The van der Waals surface area contributed by atoms with E-state index in [-0.39, 0.29) is 0 Å². The third kappa shape index (κ3) is 1.88. The molecule has 0 aliphatic carbocycles. The first-order valence-electron chi connectivity index (χ1n) is 3.97. The summed E-state index contributed by atoms with van der Waals surface area (Å²) in [5, 5.41) is 0. The number of ether oxygens (including phenoxy) is 2. The van der Waals surface area contributed by atoms with Crippen LogP contribution in [0.15, 0.2) is 23.9 Å². The van der Waals surface area contributed by atoms with Gasteiger partial charge in [-0.15, -0.1) is 11.6 Å². The van der Waals surface area contributed by atoms with Crippen LogP contribution in [-0.2, 0) is 9.47 Å². The van der Waals surface area contributed by atoms with E-state index in [1.165, 1.54) is 0 Å². The molecule has 0 atom stereocenters. The van der Waals surface area contributed by atoms with E-state index in [9.17, 15) is 0 Å². The van der Waals surface area contributed by atoms with Gasteiger partial charge >= 0.3 is 0 Å². The first kappa shape index (κ1) is 10.6. The summed E-state index contributed by atoms with van der Waals surface area (Å²) in [5.41, 5.74) is 1.04. The molecule has 1 heterocycles. The molecule has 0 bridgehead atoms. The minimum Gasteiger partial charge on any atom is -0.333 e. The minimum atomic E-state index is -0.782. The Hall–Kier alpha value is -0.510. The van der Waals surface area contributed by atoms with E-state index in [4.69, 9.17) is 21.1 Å². The average Bonchev–Trinajstić information content (AvgIpc) is 2.18. The van der Waals surface area contributed by atoms with Gasteiger partial charge in [0.15, 0.2) is 0 Å². The molecule has 0 radical (unpaired) electrons. The van der Waals surface area contributed by atoms with Crippen LogP contribution in [0.25, 0.3) is 0 Å². The zero-order valence-electron chi connectivity index (χ0n) is 8.08. The van der Waals surface area contributed by atoms with Crippen molar-refractivity contribution < 1.29 is 9.47 Å². The molecule has 0 fully saturated rings. The average molecular weight is 204 g/mol. The molecule has 74 valence electrons. The smallest absolute Gasteiger partial charge is 0.272 e. The van der Waals surface area contributed by atoms with E-state index in [1.54, 1.807) is 14.2 Å². The Balaban J connectivity index is 2.86. The van der Waals surface area contributed by atoms with Crippen molar-refractivity contribution in [1.29, 1.82) is 0 Å². The van der Waals surface area contributed by atoms with Gasteiger partial charge in [-0.05, 0) is 11.6 Å². The monoisotopic (exact) mass is 203 g/mol. The maximum absolute atomic E-state index is 5.70. The number of alkyl halides is 1. The van der Waals surface area contributed by atoms with Gasteiger partial charge in [0.1, 0.15) is 0 Å². The Morgan fingerprint density at radius 3 is 2.46 bits per heavy atom. The highest BCUT2D eigenvalue weighted by Crippen LogP contribution is 2.24. The first-order valence-corrected chi connectivity index (χ1v) is 4.51. The normalized spacial score (nSPS) is 20.3. The number of likely N-dealkylation sites (N-methyl/N-ethyl adjacent to an activating group) is 1. The predicted molar refractivity (Wildman–Crippen MR) is 52.5 cm³/mol. The maximum atomic E-state index is 5.70. The molecular weight excluding hydrogens is 190 g/mol. The van der Waals surface area contributed by atoms with E-state index >= 15 is 0 Å². The molecule has 3 nitrogen and oxygen atoms in total. The second kappa shape index (κ2) is 4.13. The molecule has 1 aliphatic rings. The van der Waals surface area contributed by atoms with Crippen molar-refractivity contribution >= 4 is 11.6 Å². The molecule has 0 aromatic rings. The second-order valence-electron chi connectivity index (χ2n) is 2.82. The lowest BCUT2D eigenvalue weighted by atomic mass is 10.2. The van der Waals surface area contributed by atoms with Crippen LogP contribution in [-0.4, -0.2) is 38.0 Å². The highest BCUT2D eigenvalue weighted by atomic mass is 35.5. The van der Waals surface area contributed by atoms with Gasteiger partial charge in [0.2, 0.25) is 0 Å². The van der Waals surface area contributed by atoms with E-state index in [0.29, 0.717) is 5.88 Å². The summed E-state index contributed by atoms with van der Waals surface area (Å²) in [5.74, 6) is -0.292. The highest BCUT2D eigenvalue weighted by Gasteiger charge is 2.32. The molecule has 0 saturated heterocycles. The molecule has 0 N–H and O–H groups in total. The van der Waals surface area contributed by atoms with E-state index in [1.807, 2.05) is 30.3 Å². The van der Waals surface area contributed by atoms with E-state index < -0.39 is 5.91 Å². The maximum Gasteiger partial charge on any atom is 0.272 e. The van der Waals surface area contributed by atoms with Gasteiger partial charge in [0, 0.05) is 33.3 Å². The standard InChI is InChI=1S/C9H14ClNO2/c1-11-7-8(6-10)4-5-9(11,12-2)13-3/h4-5,7H,6H2,1-3H3. The van der Waals surface area contributed by atoms with Crippen LogP contribution in [0.3, 0.4) is 0 Å². The quantitative estimate of drug-likeness (QED) is 0.513. The fourth-order valence-electron chi connectivity index (χ4n) is 1.30. The summed E-state index contributed by atoms with van der Waals surface area (Å²) in [6, 6.07) is 0. The van der Waals surface area contributed by atoms with Crippen LogP contribution in [0.1, 0.15) is 0 Å². The molecular formula is C9H14ClNO2. The third-order valence-corrected chi connectivity index (χ3v) is 2.41. The predicted octanol–water partition coefficient (Wildman–Crippen LogP) is 1.56. The van der Waals surface area contributed by atoms with Gasteiger partial charge in [-0.1, -0.05) is 6.08 Å². The van der Waals surface area contributed by atoms with Crippen LogP contribution in [0.5, 0.6) is 0 Å². The Morgan fingerprint density at radius 2 is 2.08 bits per heavy atom. The molecule has 0 saturated carbocycles. The van der Waals surface area contributed by atoms with Gasteiger partial charge in [0.05, 0.1) is 0 Å². The number of hydrogen-bond acceptors (Lipinski definition) is 3. The van der Waals surface area contributed by atoms with Gasteiger partial charge in [0.25, 0.3) is 5.91 Å². The lowest BCUT2D eigenvalue weighted by Crippen LogP contribution is -2.46. The SMILES string of the molecule is COC1(OC)C=CC(CCl)=CN1C. The molecule has 13 heavy (non-hydrogen) atoms. The Kier molecular flexibility index (Phi) is 3.36. The number of halogens is 1. The van der Waals surface area contributed by atoms with Gasteiger partial charge < -0.3 is 14.4 Å². The summed E-state index contributed by atoms with van der Waals surface area (Å²) >= 11 is 5.70. The van der Waals surface area contributed by atoms with Crippen molar-refractivity contribution in [3.63, 3.8) is 0 Å². The summed E-state index contributed by atoms with van der Waals surface area (Å²) in [6.07, 6.45) is 5.64. The number of rotatable bonds is 3. The van der Waals surface area contributed by atoms with Gasteiger partial charge in [-0.3, -0.25) is 0 Å². The fraction of sp³-hybridized carbons (Fsp3) is 0.556. The summed E-state index contributed by atoms with van der Waals surface area (Å²) in [6.45, 7) is 0. The summed E-state index contributed by atoms with van der Waals surface area (Å²) in [7, 11) is 5.08. The minimum absolute atomic E-state index is 0.490. The lowest BCUT2D eigenvalue weighted by molar-refractivity contribution is -0.242. The molecule has 1 rings (SSSR count). The zero-order valence-corrected chi connectivity index (χ0v) is 8.84. The molecule has 0 amide bonds. The Labute approximate surface area is 83.6 Å². The number of hydrogen-bond donors (Lipinski definition) is 0. The van der Waals surface area contributed by atoms with Crippen molar-refractivity contribution in [2.45, 2.75) is 5.91 Å². The number of allylic oxidation sites excluding steroid dienone is 2. The Bertz CT molecular complexity index is 234. The molecule has 1 aliphatic heterocycles. The van der Waals surface area contributed by atoms with Gasteiger partial charge in [-0.25, -0.2) is 0 Å². The molecule has 0 unspecified atom stereocenters. The van der Waals surface area contributed by atoms with E-state index in [2.05, 4.69) is 0 Å². The van der Waals surface area contributed by atoms with Crippen LogP contribution >= 0.6 is 11.6 Å². The van der Waals surface area contributed by atoms with Crippen LogP contribution < -0.4 is 0 Å². The highest BCUT2D eigenvalue weighted by molar-refractivity contribution is 6.19. The van der Waals surface area contributed by atoms with Crippen molar-refractivity contribution in [2.75, 3.05) is 27.1 Å². The van der Waals surface area contributed by atoms with Crippen molar-refractivity contribution in [3.05, 3.63) is 23.9 Å². The summed E-state index contributed by atoms with van der Waals surface area (Å²) in [4.78, 5) is 1.84. The largest absolute Gasteiger partial charge is 0.333 e. The molecule has 0 spiro atoms. The van der Waals surface area contributed by atoms with Crippen LogP contribution in [0, 0.1) is 0 Å². The topological polar surface area (TPSA) is 21.7 Å². The van der Waals surface area contributed by atoms with Crippen LogP contribution in [0.4, 0.5) is 0 Å². The van der Waals surface area contributed by atoms with Gasteiger partial charge in [-0.2, -0.15) is 0 Å². The number of methoxy groups -OCH3 is 2. The fourth-order valence-corrected chi connectivity index (χ4v) is 1.46. The zero-order chi connectivity index (χ0) is 9.90. The van der Waals surface area contributed by atoms with Crippen molar-refractivity contribution in [3.8, 4) is 0 Å². The number of nitrogens with zero attached hydrogens (tertiary/aromatic N) is 1. The molecule has 0 aromatic heterocycles. The van der Waals surface area contributed by atoms with Crippen molar-refractivity contribution in [1.82, 2.24) is 4.90 Å². The van der Waals surface area contributed by atoms with E-state index in [0.717, 1.165) is 5.57 Å². The Morgan fingerprint density at radius 1 is 1.46 bits per heavy atom. The second-order valence-corrected chi connectivity index (χ2v) is 3.09. The molecule has 0 aromatic carbocycles. The van der Waals surface area contributed by atoms with Crippen molar-refractivity contribution in [2.24, 2.45) is 0 Å². The summed E-state index contributed by atoms with van der Waals surface area (Å²) < 4.78 is 10.5. The lowest BCUT2D eigenvalue weighted by Gasteiger charge is -2.38. The van der Waals surface area contributed by atoms with Crippen LogP contribution in [0.2, 0.25) is 0 Å². The molecule has 4 heteroatoms. The third-order valence-electron chi connectivity index (χ3n) is 2.10.